The number of hydrogen-bond donors (Lipinski definition) is 3. The first kappa shape index (κ1) is 34.7. The van der Waals surface area contributed by atoms with Crippen molar-refractivity contribution in [2.75, 3.05) is 6.54 Å². The number of nitrogens with one attached hydrogen (secondary N) is 3. The first-order chi connectivity index (χ1) is 25.3. The summed E-state index contributed by atoms with van der Waals surface area (Å²) in [7, 11) is 0. The average Bonchev–Trinajstić information content (AvgIpc) is 3.91. The van der Waals surface area contributed by atoms with Gasteiger partial charge in [0.25, 0.3) is 0 Å². The van der Waals surface area contributed by atoms with Crippen LogP contribution in [0.3, 0.4) is 0 Å². The van der Waals surface area contributed by atoms with Crippen molar-refractivity contribution in [1.82, 2.24) is 30.2 Å². The number of alkyl carbamates (subject to hydrolysis) is 1. The van der Waals surface area contributed by atoms with Gasteiger partial charge in [-0.05, 0) is 119 Å². The van der Waals surface area contributed by atoms with Gasteiger partial charge in [-0.2, -0.15) is 0 Å². The molecule has 8 rings (SSSR count). The molecule has 2 aliphatic rings. The Morgan fingerprint density at radius 2 is 1.38 bits per heavy atom. The Morgan fingerprint density at radius 1 is 0.717 bits per heavy atom. The van der Waals surface area contributed by atoms with E-state index in [4.69, 9.17) is 19.4 Å². The molecule has 53 heavy (non-hydrogen) atoms. The van der Waals surface area contributed by atoms with Crippen LogP contribution in [0, 0.1) is 0 Å². The topological polar surface area (TPSA) is 125 Å². The highest BCUT2D eigenvalue weighted by atomic mass is 16.6. The smallest absolute Gasteiger partial charge is 0.410 e. The average molecular weight is 713 g/mol. The Kier molecular flexibility index (Phi) is 8.66. The molecule has 0 bridgehead atoms. The van der Waals surface area contributed by atoms with E-state index in [0.717, 1.165) is 98.8 Å². The van der Waals surface area contributed by atoms with E-state index in [0.29, 0.717) is 6.54 Å². The number of hydrogen-bond acceptors (Lipinski definition) is 6. The van der Waals surface area contributed by atoms with Gasteiger partial charge >= 0.3 is 12.2 Å². The van der Waals surface area contributed by atoms with Crippen LogP contribution in [0.1, 0.15) is 97.3 Å². The molecule has 274 valence electrons. The minimum atomic E-state index is -0.545. The maximum Gasteiger partial charge on any atom is 0.410 e. The van der Waals surface area contributed by atoms with Crippen molar-refractivity contribution in [2.24, 2.45) is 0 Å². The van der Waals surface area contributed by atoms with Crippen LogP contribution in [0.15, 0.2) is 72.8 Å². The first-order valence-corrected chi connectivity index (χ1v) is 18.8. The number of carbonyl (C=O) groups excluding carboxylic acids is 2. The molecule has 6 aromatic rings. The second-order valence-corrected chi connectivity index (χ2v) is 16.6. The number of benzene rings is 4. The fourth-order valence-corrected chi connectivity index (χ4v) is 7.91. The Bertz CT molecular complexity index is 2330. The summed E-state index contributed by atoms with van der Waals surface area (Å²) in [5, 5.41) is 5.30. The molecule has 3 atom stereocenters. The summed E-state index contributed by atoms with van der Waals surface area (Å²) in [5.74, 6) is 1.83. The van der Waals surface area contributed by atoms with Crippen molar-refractivity contribution in [2.45, 2.75) is 103 Å². The number of amides is 2. The van der Waals surface area contributed by atoms with E-state index in [1.54, 1.807) is 4.90 Å². The molecular weight excluding hydrogens is 665 g/mol. The van der Waals surface area contributed by atoms with Gasteiger partial charge in [-0.1, -0.05) is 55.0 Å². The summed E-state index contributed by atoms with van der Waals surface area (Å²) in [4.78, 5) is 44.2. The Balaban J connectivity index is 0.992. The lowest BCUT2D eigenvalue weighted by Crippen LogP contribution is -2.40. The lowest BCUT2D eigenvalue weighted by Gasteiger charge is -2.27. The van der Waals surface area contributed by atoms with Crippen LogP contribution in [0.5, 0.6) is 0 Å². The van der Waals surface area contributed by atoms with Crippen LogP contribution in [0.4, 0.5) is 9.59 Å². The fourth-order valence-electron chi connectivity index (χ4n) is 7.91. The lowest BCUT2D eigenvalue weighted by molar-refractivity contribution is 0.0218. The SMILES string of the molecule is CC(C)(C)OC(=O)N[C@H]1CCC[C@@H]1c1nc2ccc(-c3ccc(-c4ccc5c(ccc6nc([C@@H]7CCCN7C(=O)OC(C)(C)C)[nH]c65)c4)cc3)cc2[nH]1. The van der Waals surface area contributed by atoms with Gasteiger partial charge in [0.05, 0.1) is 28.1 Å². The standard InChI is InChI=1S/C43H48N6O4/c1-42(2,3)52-40(50)47-32-10-7-9-31(32)38-44-33-20-17-28(24-35(33)46-38)26-14-12-25(13-15-26)27-16-19-30-29(23-27)18-21-34-37(30)48-39(45-34)36-11-8-22-49(36)41(51)53-43(4,5)6/h12-21,23-24,31-32,36H,7-11,22H2,1-6H3,(H,44,46)(H,45,48)(H,47,50)/t31-,32-,36-/m0/s1. The van der Waals surface area contributed by atoms with Gasteiger partial charge < -0.3 is 24.8 Å². The van der Waals surface area contributed by atoms with E-state index >= 15 is 0 Å². The summed E-state index contributed by atoms with van der Waals surface area (Å²) >= 11 is 0. The molecule has 10 nitrogen and oxygen atoms in total. The predicted molar refractivity (Wildman–Crippen MR) is 209 cm³/mol. The molecule has 4 aromatic carbocycles. The summed E-state index contributed by atoms with van der Waals surface area (Å²) in [6.07, 6.45) is 4.00. The maximum atomic E-state index is 13.0. The molecule has 2 aromatic heterocycles. The highest BCUT2D eigenvalue weighted by molar-refractivity contribution is 6.05. The van der Waals surface area contributed by atoms with Gasteiger partial charge in [-0.25, -0.2) is 19.6 Å². The Labute approximate surface area is 309 Å². The summed E-state index contributed by atoms with van der Waals surface area (Å²) in [5.41, 5.74) is 7.19. The lowest BCUT2D eigenvalue weighted by atomic mass is 9.98. The van der Waals surface area contributed by atoms with Gasteiger partial charge in [-0.3, -0.25) is 4.90 Å². The highest BCUT2D eigenvalue weighted by Gasteiger charge is 2.36. The number of carbonyl (C=O) groups is 2. The van der Waals surface area contributed by atoms with Crippen molar-refractivity contribution >= 4 is 45.0 Å². The molecule has 0 spiro atoms. The maximum absolute atomic E-state index is 13.0. The second kappa shape index (κ2) is 13.2. The Hall–Kier alpha value is -5.38. The van der Waals surface area contributed by atoms with Crippen molar-refractivity contribution in [3.05, 3.63) is 84.4 Å². The largest absolute Gasteiger partial charge is 0.444 e. The number of aromatic amines is 2. The predicted octanol–water partition coefficient (Wildman–Crippen LogP) is 10.2. The minimum Gasteiger partial charge on any atom is -0.444 e. The molecule has 1 aliphatic heterocycles. The van der Waals surface area contributed by atoms with Gasteiger partial charge in [0.1, 0.15) is 22.9 Å². The third-order valence-corrected chi connectivity index (χ3v) is 10.3. The normalized spacial score (nSPS) is 19.4. The molecule has 1 aliphatic carbocycles. The van der Waals surface area contributed by atoms with Crippen LogP contribution in [0.2, 0.25) is 0 Å². The van der Waals surface area contributed by atoms with E-state index in [-0.39, 0.29) is 30.2 Å². The molecule has 3 heterocycles. The third kappa shape index (κ3) is 7.19. The second-order valence-electron chi connectivity index (χ2n) is 16.6. The van der Waals surface area contributed by atoms with Crippen LogP contribution >= 0.6 is 0 Å². The number of nitrogens with zero attached hydrogens (tertiary/aromatic N) is 3. The molecule has 0 radical (unpaired) electrons. The molecule has 2 fully saturated rings. The molecule has 0 unspecified atom stereocenters. The fraction of sp³-hybridized carbons (Fsp3) is 0.395. The minimum absolute atomic E-state index is 0.00998. The number of H-pyrrole nitrogens is 2. The summed E-state index contributed by atoms with van der Waals surface area (Å²) in [6, 6.07) is 25.6. The molecule has 1 saturated carbocycles. The van der Waals surface area contributed by atoms with Crippen molar-refractivity contribution in [1.29, 1.82) is 0 Å². The van der Waals surface area contributed by atoms with Crippen molar-refractivity contribution in [3.63, 3.8) is 0 Å². The summed E-state index contributed by atoms with van der Waals surface area (Å²) in [6.45, 7) is 12.0. The summed E-state index contributed by atoms with van der Waals surface area (Å²) < 4.78 is 11.2. The third-order valence-electron chi connectivity index (χ3n) is 10.3. The van der Waals surface area contributed by atoms with E-state index < -0.39 is 11.2 Å². The van der Waals surface area contributed by atoms with Crippen molar-refractivity contribution in [3.8, 4) is 22.3 Å². The van der Waals surface area contributed by atoms with E-state index in [9.17, 15) is 9.59 Å². The zero-order valence-corrected chi connectivity index (χ0v) is 31.4. The number of likely N-dealkylation sites (tertiary alicyclic amines) is 1. The van der Waals surface area contributed by atoms with Gasteiger partial charge in [0.2, 0.25) is 0 Å². The quantitative estimate of drug-likeness (QED) is 0.163. The van der Waals surface area contributed by atoms with Crippen LogP contribution in [-0.2, 0) is 9.47 Å². The highest BCUT2D eigenvalue weighted by Crippen LogP contribution is 2.37. The van der Waals surface area contributed by atoms with Gasteiger partial charge in [-0.15, -0.1) is 0 Å². The number of rotatable bonds is 5. The van der Waals surface area contributed by atoms with E-state index in [2.05, 4.69) is 88.1 Å². The molecular formula is C43H48N6O4. The first-order valence-electron chi connectivity index (χ1n) is 18.8. The van der Waals surface area contributed by atoms with E-state index in [1.807, 2.05) is 41.5 Å². The van der Waals surface area contributed by atoms with E-state index in [1.165, 1.54) is 0 Å². The van der Waals surface area contributed by atoms with Crippen LogP contribution in [0.25, 0.3) is 55.1 Å². The number of imidazole rings is 2. The molecule has 2 amide bonds. The monoisotopic (exact) mass is 712 g/mol. The van der Waals surface area contributed by atoms with Crippen molar-refractivity contribution < 1.29 is 19.1 Å². The van der Waals surface area contributed by atoms with Gasteiger partial charge in [0.15, 0.2) is 0 Å². The Morgan fingerprint density at radius 3 is 2.11 bits per heavy atom. The van der Waals surface area contributed by atoms with Crippen LogP contribution in [-0.4, -0.2) is 60.8 Å². The zero-order valence-electron chi connectivity index (χ0n) is 31.4. The van der Waals surface area contributed by atoms with Crippen LogP contribution < -0.4 is 5.32 Å². The van der Waals surface area contributed by atoms with Gasteiger partial charge in [0, 0.05) is 23.9 Å². The number of ether oxygens (including phenoxy) is 2. The number of fused-ring (bicyclic) bond motifs is 4. The zero-order chi connectivity index (χ0) is 37.1. The molecule has 3 N–H and O–H groups in total. The molecule has 10 heteroatoms. The molecule has 1 saturated heterocycles. The number of aromatic nitrogens is 4.